The van der Waals surface area contributed by atoms with Crippen molar-refractivity contribution < 1.29 is 19.4 Å². The number of hydrogen-bond donors (Lipinski definition) is 2. The predicted octanol–water partition coefficient (Wildman–Crippen LogP) is -1.31. The van der Waals surface area contributed by atoms with Gasteiger partial charge in [0.1, 0.15) is 12.2 Å². The van der Waals surface area contributed by atoms with E-state index in [1.807, 2.05) is 0 Å². The molecule has 6 nitrogen and oxygen atoms in total. The fraction of sp³-hybridized carbons (Fsp3) is 0.625. The first kappa shape index (κ1) is 10.5. The summed E-state index contributed by atoms with van der Waals surface area (Å²) in [5, 5.41) is 20.0. The molecule has 2 unspecified atom stereocenters. The van der Waals surface area contributed by atoms with Crippen LogP contribution < -0.4 is 5.32 Å². The molecule has 1 saturated heterocycles. The van der Waals surface area contributed by atoms with Crippen LogP contribution in [0, 0.1) is 11.3 Å². The molecule has 76 valence electrons. The number of esters is 1. The molecule has 0 aromatic heterocycles. The van der Waals surface area contributed by atoms with E-state index in [1.54, 1.807) is 13.0 Å². The number of aliphatic hydroxyl groups excluding tert-OH is 1. The van der Waals surface area contributed by atoms with Crippen molar-refractivity contribution in [3.05, 3.63) is 0 Å². The molecule has 1 aliphatic heterocycles. The number of nitrogens with one attached hydrogen (secondary N) is 1. The van der Waals surface area contributed by atoms with Gasteiger partial charge >= 0.3 is 5.97 Å². The molecule has 1 fully saturated rings. The summed E-state index contributed by atoms with van der Waals surface area (Å²) in [7, 11) is 0. The van der Waals surface area contributed by atoms with Crippen molar-refractivity contribution in [3.63, 3.8) is 0 Å². The monoisotopic (exact) mass is 198 g/mol. The van der Waals surface area contributed by atoms with Gasteiger partial charge in [-0.05, 0) is 6.92 Å². The third-order valence-corrected chi connectivity index (χ3v) is 1.95. The van der Waals surface area contributed by atoms with Crippen LogP contribution in [0.4, 0.5) is 0 Å². The van der Waals surface area contributed by atoms with Gasteiger partial charge in [0, 0.05) is 6.42 Å². The zero-order valence-corrected chi connectivity index (χ0v) is 7.61. The van der Waals surface area contributed by atoms with Crippen molar-refractivity contribution >= 4 is 11.9 Å². The van der Waals surface area contributed by atoms with Crippen LogP contribution in [-0.4, -0.2) is 35.2 Å². The van der Waals surface area contributed by atoms with Gasteiger partial charge in [0.05, 0.1) is 6.61 Å². The molecule has 1 amide bonds. The predicted molar refractivity (Wildman–Crippen MR) is 43.7 cm³/mol. The van der Waals surface area contributed by atoms with E-state index < -0.39 is 23.5 Å². The van der Waals surface area contributed by atoms with Crippen molar-refractivity contribution in [1.29, 1.82) is 5.26 Å². The highest BCUT2D eigenvalue weighted by atomic mass is 16.5. The Bertz CT molecular complexity index is 309. The summed E-state index contributed by atoms with van der Waals surface area (Å²) in [6.45, 7) is 1.71. The summed E-state index contributed by atoms with van der Waals surface area (Å²) in [5.41, 5.74) is -1.72. The molecule has 0 saturated carbocycles. The quantitative estimate of drug-likeness (QED) is 0.537. The molecule has 1 aliphatic rings. The first-order chi connectivity index (χ1) is 6.55. The van der Waals surface area contributed by atoms with Crippen LogP contribution >= 0.6 is 0 Å². The molecule has 0 aliphatic carbocycles. The highest BCUT2D eigenvalue weighted by Crippen LogP contribution is 2.21. The maximum atomic E-state index is 11.3. The summed E-state index contributed by atoms with van der Waals surface area (Å²) in [6, 6.07) is 1.66. The largest absolute Gasteiger partial charge is 0.463 e. The van der Waals surface area contributed by atoms with Crippen molar-refractivity contribution in [2.24, 2.45) is 0 Å². The lowest BCUT2D eigenvalue weighted by atomic mass is 9.99. The lowest BCUT2D eigenvalue weighted by Gasteiger charge is -2.17. The normalized spacial score (nSPS) is 30.6. The van der Waals surface area contributed by atoms with E-state index in [0.29, 0.717) is 0 Å². The number of hydrogen-bond acceptors (Lipinski definition) is 5. The Labute approximate surface area is 80.5 Å². The van der Waals surface area contributed by atoms with Crippen molar-refractivity contribution in [2.45, 2.75) is 25.0 Å². The minimum Gasteiger partial charge on any atom is -0.463 e. The Kier molecular flexibility index (Phi) is 2.72. The average Bonchev–Trinajstić information content (AvgIpc) is 2.44. The zero-order chi connectivity index (χ0) is 10.8. The molecule has 2 N–H and O–H groups in total. The second kappa shape index (κ2) is 3.64. The first-order valence-electron chi connectivity index (χ1n) is 4.14. The molecule has 2 atom stereocenters. The third kappa shape index (κ3) is 1.54. The van der Waals surface area contributed by atoms with Crippen molar-refractivity contribution in [2.75, 3.05) is 6.61 Å². The molecule has 0 aromatic carbocycles. The maximum Gasteiger partial charge on any atom is 0.346 e. The van der Waals surface area contributed by atoms with Gasteiger partial charge in [0.15, 0.2) is 0 Å². The molecule has 1 rings (SSSR count). The number of aliphatic hydroxyl groups is 1. The molecule has 14 heavy (non-hydrogen) atoms. The zero-order valence-electron chi connectivity index (χ0n) is 7.61. The Morgan fingerprint density at radius 1 is 1.93 bits per heavy atom. The molecule has 1 heterocycles. The summed E-state index contributed by atoms with van der Waals surface area (Å²) in [5.74, 6) is -1.55. The summed E-state index contributed by atoms with van der Waals surface area (Å²) >= 11 is 0. The van der Waals surface area contributed by atoms with Crippen LogP contribution in [0.5, 0.6) is 0 Å². The minimum atomic E-state index is -1.72. The van der Waals surface area contributed by atoms with E-state index in [-0.39, 0.29) is 13.0 Å². The Balaban J connectivity index is 2.86. The number of rotatable bonds is 2. The van der Waals surface area contributed by atoms with Gasteiger partial charge in [-0.1, -0.05) is 0 Å². The van der Waals surface area contributed by atoms with E-state index in [0.717, 1.165) is 0 Å². The molecular formula is C8H10N2O4. The fourth-order valence-electron chi connectivity index (χ4n) is 1.24. The van der Waals surface area contributed by atoms with Crippen LogP contribution in [0.2, 0.25) is 0 Å². The van der Waals surface area contributed by atoms with E-state index >= 15 is 0 Å². The average molecular weight is 198 g/mol. The second-order valence-electron chi connectivity index (χ2n) is 2.95. The van der Waals surface area contributed by atoms with Gasteiger partial charge in [-0.3, -0.25) is 4.79 Å². The van der Waals surface area contributed by atoms with Gasteiger partial charge in [0.2, 0.25) is 5.54 Å². The van der Waals surface area contributed by atoms with Crippen molar-refractivity contribution in [3.8, 4) is 6.07 Å². The number of nitrogens with zero attached hydrogens (tertiary/aromatic N) is 1. The topological polar surface area (TPSA) is 99.4 Å². The molecule has 0 aromatic rings. The summed E-state index contributed by atoms with van der Waals surface area (Å²) < 4.78 is 4.63. The Hall–Kier alpha value is -1.61. The lowest BCUT2D eigenvalue weighted by molar-refractivity contribution is -0.148. The molecular weight excluding hydrogens is 188 g/mol. The molecule has 0 radical (unpaired) electrons. The Morgan fingerprint density at radius 2 is 2.57 bits per heavy atom. The fourth-order valence-corrected chi connectivity index (χ4v) is 1.24. The number of amides is 1. The van der Waals surface area contributed by atoms with E-state index in [9.17, 15) is 9.59 Å². The number of carbonyl (C=O) groups is 2. The van der Waals surface area contributed by atoms with Crippen LogP contribution in [-0.2, 0) is 14.3 Å². The third-order valence-electron chi connectivity index (χ3n) is 1.95. The van der Waals surface area contributed by atoms with Gasteiger partial charge < -0.3 is 15.2 Å². The SMILES string of the molecule is CCOC(=O)C1(C#N)CC(O)C(=O)N1. The van der Waals surface area contributed by atoms with E-state index in [2.05, 4.69) is 10.1 Å². The smallest absolute Gasteiger partial charge is 0.346 e. The van der Waals surface area contributed by atoms with Crippen LogP contribution in [0.25, 0.3) is 0 Å². The van der Waals surface area contributed by atoms with Crippen LogP contribution in [0.15, 0.2) is 0 Å². The highest BCUT2D eigenvalue weighted by molar-refractivity contribution is 5.96. The van der Waals surface area contributed by atoms with E-state index in [4.69, 9.17) is 10.4 Å². The van der Waals surface area contributed by atoms with E-state index in [1.165, 1.54) is 0 Å². The molecule has 0 bridgehead atoms. The lowest BCUT2D eigenvalue weighted by Crippen LogP contribution is -2.48. The number of nitriles is 1. The van der Waals surface area contributed by atoms with Crippen LogP contribution in [0.1, 0.15) is 13.3 Å². The summed E-state index contributed by atoms with van der Waals surface area (Å²) in [4.78, 5) is 22.3. The Morgan fingerprint density at radius 3 is 2.93 bits per heavy atom. The maximum absolute atomic E-state index is 11.3. The van der Waals surface area contributed by atoms with Gasteiger partial charge in [-0.2, -0.15) is 5.26 Å². The minimum absolute atomic E-state index is 0.119. The van der Waals surface area contributed by atoms with Crippen LogP contribution in [0.3, 0.4) is 0 Å². The number of carbonyl (C=O) groups excluding carboxylic acids is 2. The standard InChI is InChI=1S/C8H10N2O4/c1-2-14-7(13)8(4-9)3-5(11)6(12)10-8/h5,11H,2-3H2,1H3,(H,10,12). The van der Waals surface area contributed by atoms with Gasteiger partial charge in [-0.15, -0.1) is 0 Å². The second-order valence-corrected chi connectivity index (χ2v) is 2.95. The van der Waals surface area contributed by atoms with Gasteiger partial charge in [-0.25, -0.2) is 4.79 Å². The molecule has 0 spiro atoms. The summed E-state index contributed by atoms with van der Waals surface area (Å²) in [6.07, 6.45) is -1.58. The molecule has 6 heteroatoms. The first-order valence-corrected chi connectivity index (χ1v) is 4.14. The number of ether oxygens (including phenoxy) is 1. The highest BCUT2D eigenvalue weighted by Gasteiger charge is 2.51. The van der Waals surface area contributed by atoms with Gasteiger partial charge in [0.25, 0.3) is 5.91 Å². The van der Waals surface area contributed by atoms with Crippen molar-refractivity contribution in [1.82, 2.24) is 5.32 Å².